The van der Waals surface area contributed by atoms with E-state index in [9.17, 15) is 14.7 Å². The van der Waals surface area contributed by atoms with E-state index in [-0.39, 0.29) is 34.8 Å². The predicted molar refractivity (Wildman–Crippen MR) is 74.8 cm³/mol. The van der Waals surface area contributed by atoms with Crippen molar-refractivity contribution in [3.8, 4) is 0 Å². The van der Waals surface area contributed by atoms with E-state index in [4.69, 9.17) is 0 Å². The predicted octanol–water partition coefficient (Wildman–Crippen LogP) is -1.93. The van der Waals surface area contributed by atoms with Crippen LogP contribution in [0.4, 0.5) is 0 Å². The molecular formula is C13H21N2NaO3S. The third-order valence-corrected chi connectivity index (χ3v) is 4.84. The first-order valence-corrected chi connectivity index (χ1v) is 7.77. The Morgan fingerprint density at radius 1 is 1.35 bits per heavy atom. The number of aliphatic imine (C=N–C) groups is 1. The van der Waals surface area contributed by atoms with Gasteiger partial charge >= 0.3 is 29.6 Å². The fourth-order valence-electron chi connectivity index (χ4n) is 2.25. The van der Waals surface area contributed by atoms with Crippen molar-refractivity contribution in [1.29, 1.82) is 0 Å². The zero-order valence-electron chi connectivity index (χ0n) is 12.7. The van der Waals surface area contributed by atoms with Crippen molar-refractivity contribution in [2.24, 2.45) is 10.4 Å². The topological polar surface area (TPSA) is 81.6 Å². The number of amides is 2. The number of carbonyl (C=O) groups is 2. The van der Waals surface area contributed by atoms with E-state index in [1.54, 1.807) is 11.8 Å². The Labute approximate surface area is 146 Å². The van der Waals surface area contributed by atoms with Gasteiger partial charge in [-0.15, -0.1) is 0 Å². The van der Waals surface area contributed by atoms with Gasteiger partial charge in [0.15, 0.2) is 0 Å². The number of hydrogen-bond donors (Lipinski definition) is 1. The Morgan fingerprint density at radius 3 is 2.50 bits per heavy atom. The van der Waals surface area contributed by atoms with Crippen molar-refractivity contribution in [1.82, 2.24) is 5.32 Å². The monoisotopic (exact) mass is 308 g/mol. The van der Waals surface area contributed by atoms with Crippen LogP contribution in [0.3, 0.4) is 0 Å². The average molecular weight is 308 g/mol. The molecule has 2 amide bonds. The molecule has 0 spiro atoms. The van der Waals surface area contributed by atoms with Gasteiger partial charge < -0.3 is 10.4 Å². The number of amidine groups is 1. The maximum atomic E-state index is 12.2. The summed E-state index contributed by atoms with van der Waals surface area (Å²) >= 11 is 1.60. The molecule has 2 atom stereocenters. The Kier molecular flexibility index (Phi) is 9.06. The fourth-order valence-corrected chi connectivity index (χ4v) is 3.67. The molecule has 1 aliphatic heterocycles. The maximum absolute atomic E-state index is 12.2. The molecule has 0 aromatic rings. The molecule has 0 aromatic heterocycles. The van der Waals surface area contributed by atoms with Crippen molar-refractivity contribution in [3.63, 3.8) is 0 Å². The van der Waals surface area contributed by atoms with Crippen molar-refractivity contribution in [2.45, 2.75) is 51.7 Å². The van der Waals surface area contributed by atoms with Gasteiger partial charge in [0, 0.05) is 5.25 Å². The summed E-state index contributed by atoms with van der Waals surface area (Å²) in [5, 5.41) is 13.1. The Balaban J connectivity index is 0.00000361. The third kappa shape index (κ3) is 4.23. The summed E-state index contributed by atoms with van der Waals surface area (Å²) < 4.78 is 0. The van der Waals surface area contributed by atoms with Crippen LogP contribution in [0, 0.1) is 5.41 Å². The van der Waals surface area contributed by atoms with Crippen LogP contribution in [0.15, 0.2) is 4.99 Å². The molecule has 20 heavy (non-hydrogen) atoms. The minimum atomic E-state index is -1.18. The van der Waals surface area contributed by atoms with Gasteiger partial charge in [-0.05, 0) is 18.6 Å². The first kappa shape index (κ1) is 20.0. The number of hydrogen-bond acceptors (Lipinski definition) is 4. The van der Waals surface area contributed by atoms with Gasteiger partial charge in [0.05, 0.1) is 6.02 Å². The second-order valence-electron chi connectivity index (χ2n) is 4.76. The maximum Gasteiger partial charge on any atom is 1.00 e. The summed E-state index contributed by atoms with van der Waals surface area (Å²) in [6, 6.07) is -0.840. The standard InChI is InChI=1S/C13H22N2O3S.Na/c1-4-6-8-19-9(3)13(7-5-2)10(16)14-12(18)15-11(13)17;/h9H,4-8H2,1-3H3,(H2,14,15,16,17,18);/q;+1/p-1. The molecule has 0 saturated carbocycles. The van der Waals surface area contributed by atoms with E-state index in [2.05, 4.69) is 17.2 Å². The zero-order chi connectivity index (χ0) is 14.5. The van der Waals surface area contributed by atoms with E-state index in [0.29, 0.717) is 12.8 Å². The number of rotatable bonds is 7. The summed E-state index contributed by atoms with van der Waals surface area (Å²) in [6.07, 6.45) is 3.24. The first-order valence-electron chi connectivity index (χ1n) is 6.72. The van der Waals surface area contributed by atoms with Gasteiger partial charge in [0.1, 0.15) is 5.41 Å². The van der Waals surface area contributed by atoms with Crippen LogP contribution in [-0.2, 0) is 9.59 Å². The molecule has 7 heteroatoms. The van der Waals surface area contributed by atoms with E-state index in [0.717, 1.165) is 18.6 Å². The molecule has 0 fully saturated rings. The normalized spacial score (nSPS) is 23.6. The minimum Gasteiger partial charge on any atom is -0.846 e. The number of thioether (sulfide) groups is 1. The summed E-state index contributed by atoms with van der Waals surface area (Å²) in [4.78, 5) is 27.7. The molecule has 1 aliphatic rings. The van der Waals surface area contributed by atoms with Crippen LogP contribution in [-0.4, -0.2) is 28.8 Å². The van der Waals surface area contributed by atoms with E-state index in [1.807, 2.05) is 13.8 Å². The van der Waals surface area contributed by atoms with Crippen molar-refractivity contribution in [2.75, 3.05) is 5.75 Å². The Morgan fingerprint density at radius 2 is 2.00 bits per heavy atom. The number of nitrogens with zero attached hydrogens (tertiary/aromatic N) is 1. The smallest absolute Gasteiger partial charge is 0.846 e. The molecule has 1 rings (SSSR count). The van der Waals surface area contributed by atoms with Crippen molar-refractivity contribution < 1.29 is 44.3 Å². The Bertz CT molecular complexity index is 390. The van der Waals surface area contributed by atoms with Crippen LogP contribution in [0.1, 0.15) is 46.5 Å². The number of nitrogens with one attached hydrogen (secondary N) is 1. The summed E-state index contributed by atoms with van der Waals surface area (Å²) in [6.45, 7) is 5.89. The van der Waals surface area contributed by atoms with Gasteiger partial charge in [-0.25, -0.2) is 4.99 Å². The van der Waals surface area contributed by atoms with Gasteiger partial charge in [-0.3, -0.25) is 9.59 Å². The number of unbranched alkanes of at least 4 members (excludes halogenated alkanes) is 1. The molecule has 0 aromatic carbocycles. The van der Waals surface area contributed by atoms with Crippen molar-refractivity contribution >= 4 is 29.6 Å². The van der Waals surface area contributed by atoms with Gasteiger partial charge in [0.2, 0.25) is 5.91 Å². The second kappa shape index (κ2) is 9.07. The molecule has 0 saturated heterocycles. The summed E-state index contributed by atoms with van der Waals surface area (Å²) in [5.41, 5.74) is -1.18. The molecule has 1 N–H and O–H groups in total. The first-order chi connectivity index (χ1) is 8.98. The van der Waals surface area contributed by atoms with Crippen LogP contribution in [0.2, 0.25) is 0 Å². The zero-order valence-corrected chi connectivity index (χ0v) is 15.5. The minimum absolute atomic E-state index is 0. The molecule has 108 valence electrons. The molecule has 0 aliphatic carbocycles. The van der Waals surface area contributed by atoms with Gasteiger partial charge in [-0.1, -0.05) is 33.6 Å². The van der Waals surface area contributed by atoms with E-state index >= 15 is 0 Å². The summed E-state index contributed by atoms with van der Waals surface area (Å²) in [5.74, 6) is -0.173. The van der Waals surface area contributed by atoms with Crippen LogP contribution < -0.4 is 40.0 Å². The average Bonchev–Trinajstić information content (AvgIpc) is 2.34. The van der Waals surface area contributed by atoms with Crippen molar-refractivity contribution in [3.05, 3.63) is 0 Å². The van der Waals surface area contributed by atoms with Gasteiger partial charge in [-0.2, -0.15) is 11.8 Å². The molecule has 5 nitrogen and oxygen atoms in total. The van der Waals surface area contributed by atoms with Crippen LogP contribution in [0.25, 0.3) is 0 Å². The number of carbonyl (C=O) groups excluding carboxylic acids is 2. The molecule has 1 heterocycles. The third-order valence-electron chi connectivity index (χ3n) is 3.41. The van der Waals surface area contributed by atoms with Gasteiger partial charge in [0.25, 0.3) is 5.91 Å². The fraction of sp³-hybridized carbons (Fsp3) is 0.769. The van der Waals surface area contributed by atoms with E-state index < -0.39 is 23.3 Å². The molecular weight excluding hydrogens is 287 g/mol. The van der Waals surface area contributed by atoms with Crippen LogP contribution >= 0.6 is 11.8 Å². The summed E-state index contributed by atoms with van der Waals surface area (Å²) in [7, 11) is 0. The molecule has 0 bridgehead atoms. The quantitative estimate of drug-likeness (QED) is 0.337. The van der Waals surface area contributed by atoms with E-state index in [1.165, 1.54) is 0 Å². The van der Waals surface area contributed by atoms with Crippen LogP contribution in [0.5, 0.6) is 0 Å². The molecule has 0 radical (unpaired) electrons. The Hall–Kier alpha value is -0.0400. The molecule has 2 unspecified atom stereocenters. The largest absolute Gasteiger partial charge is 1.00 e. The second-order valence-corrected chi connectivity index (χ2v) is 6.21. The SMILES string of the molecule is CCCCSC(C)C1(CCC)C(=O)N=C([O-])NC1=O.[Na+].